The van der Waals surface area contributed by atoms with Gasteiger partial charge in [0.1, 0.15) is 16.3 Å². The molecule has 0 aromatic carbocycles. The second kappa shape index (κ2) is 8.62. The molecule has 0 amide bonds. The second-order valence-corrected chi connectivity index (χ2v) is 13.5. The molecule has 3 aromatic rings. The van der Waals surface area contributed by atoms with Crippen molar-refractivity contribution in [3.63, 3.8) is 0 Å². The van der Waals surface area contributed by atoms with Crippen LogP contribution in [0.4, 0.5) is 11.8 Å². The Kier molecular flexibility index (Phi) is 6.07. The number of thiazole rings is 1. The Morgan fingerprint density at radius 2 is 1.78 bits per heavy atom. The van der Waals surface area contributed by atoms with E-state index in [-0.39, 0.29) is 12.0 Å². The summed E-state index contributed by atoms with van der Waals surface area (Å²) in [6.07, 6.45) is 4.77. The first-order valence-corrected chi connectivity index (χ1v) is 13.9. The van der Waals surface area contributed by atoms with Gasteiger partial charge in [-0.1, -0.05) is 27.7 Å². The molecule has 0 radical (unpaired) electrons. The monoisotopic (exact) mass is 508 g/mol. The van der Waals surface area contributed by atoms with E-state index >= 15 is 0 Å². The highest BCUT2D eigenvalue weighted by Gasteiger charge is 2.64. The van der Waals surface area contributed by atoms with Crippen LogP contribution in [-0.2, 0) is 0 Å². The summed E-state index contributed by atoms with van der Waals surface area (Å²) in [7, 11) is 0. The number of fused-ring (bicyclic) bond motifs is 1. The van der Waals surface area contributed by atoms with Gasteiger partial charge in [0.15, 0.2) is 0 Å². The van der Waals surface area contributed by atoms with Crippen LogP contribution in [0.3, 0.4) is 0 Å². The number of hydrogen-bond acceptors (Lipinski definition) is 8. The van der Waals surface area contributed by atoms with Gasteiger partial charge in [-0.05, 0) is 75.7 Å². The zero-order valence-corrected chi connectivity index (χ0v) is 23.7. The number of pyridine rings is 1. The van der Waals surface area contributed by atoms with Crippen molar-refractivity contribution < 1.29 is 5.11 Å². The van der Waals surface area contributed by atoms with Gasteiger partial charge in [0.2, 0.25) is 5.95 Å². The van der Waals surface area contributed by atoms with E-state index in [2.05, 4.69) is 43.3 Å². The predicted octanol–water partition coefficient (Wildman–Crippen LogP) is 6.21. The molecular weight excluding hydrogens is 468 g/mol. The normalized spacial score (nSPS) is 23.2. The second-order valence-electron chi connectivity index (χ2n) is 12.5. The van der Waals surface area contributed by atoms with E-state index in [4.69, 9.17) is 15.0 Å². The number of hydrogen-bond donors (Lipinski definition) is 3. The lowest BCUT2D eigenvalue weighted by Crippen LogP contribution is -2.30. The number of nitrogens with one attached hydrogen (secondary N) is 2. The number of aryl methyl sites for hydroxylation is 2. The molecule has 0 bridgehead atoms. The third-order valence-electron chi connectivity index (χ3n) is 9.35. The largest absolute Gasteiger partial charge is 0.390 e. The van der Waals surface area contributed by atoms with Gasteiger partial charge in [-0.3, -0.25) is 4.98 Å². The molecule has 8 heteroatoms. The van der Waals surface area contributed by atoms with Gasteiger partial charge in [0, 0.05) is 18.8 Å². The van der Waals surface area contributed by atoms with Crippen molar-refractivity contribution in [3.05, 3.63) is 23.7 Å². The Labute approximate surface area is 218 Å². The minimum atomic E-state index is -0.672. The van der Waals surface area contributed by atoms with E-state index in [1.807, 2.05) is 40.0 Å². The standard InChI is InChI=1S/C28H40N6OS/c1-15-21(24-33-22-16(2)29-12-11-19(22)36-24)23(32-18-10-9-17(13-18)28(7,8)35)34-25(31-15)30-14-20-26(3,4)27(20,5)6/h11-12,17-18,20,35H,9-10,13-14H2,1-8H3,(H2,30,31,32,34). The summed E-state index contributed by atoms with van der Waals surface area (Å²) in [5.74, 6) is 2.33. The molecule has 2 aliphatic rings. The summed E-state index contributed by atoms with van der Waals surface area (Å²) in [5, 5.41) is 18.8. The molecule has 3 N–H and O–H groups in total. The molecule has 2 aliphatic carbocycles. The molecule has 0 spiro atoms. The fourth-order valence-electron chi connectivity index (χ4n) is 6.09. The third-order valence-corrected chi connectivity index (χ3v) is 10.4. The van der Waals surface area contributed by atoms with Gasteiger partial charge < -0.3 is 15.7 Å². The van der Waals surface area contributed by atoms with E-state index in [0.717, 1.165) is 63.8 Å². The molecule has 36 heavy (non-hydrogen) atoms. The van der Waals surface area contributed by atoms with E-state index in [9.17, 15) is 5.11 Å². The number of rotatable bonds is 7. The molecule has 5 rings (SSSR count). The Hall–Kier alpha value is -2.32. The summed E-state index contributed by atoms with van der Waals surface area (Å²) < 4.78 is 1.12. The van der Waals surface area contributed by atoms with Crippen molar-refractivity contribution >= 4 is 33.3 Å². The molecule has 194 valence electrons. The van der Waals surface area contributed by atoms with Crippen molar-refractivity contribution in [3.8, 4) is 10.6 Å². The summed E-state index contributed by atoms with van der Waals surface area (Å²) in [4.78, 5) is 19.3. The maximum Gasteiger partial charge on any atom is 0.224 e. The summed E-state index contributed by atoms with van der Waals surface area (Å²) in [5.41, 5.74) is 3.67. The number of aromatic nitrogens is 4. The van der Waals surface area contributed by atoms with Crippen molar-refractivity contribution in [2.45, 2.75) is 86.3 Å². The zero-order chi connectivity index (χ0) is 26.0. The Morgan fingerprint density at radius 1 is 1.06 bits per heavy atom. The van der Waals surface area contributed by atoms with Crippen molar-refractivity contribution in [1.29, 1.82) is 0 Å². The summed E-state index contributed by atoms with van der Waals surface area (Å²) >= 11 is 1.66. The van der Waals surface area contributed by atoms with Gasteiger partial charge in [-0.15, -0.1) is 11.3 Å². The third kappa shape index (κ3) is 4.36. The molecule has 2 saturated carbocycles. The summed E-state index contributed by atoms with van der Waals surface area (Å²) in [6, 6.07) is 2.27. The van der Waals surface area contributed by atoms with Crippen molar-refractivity contribution in [2.75, 3.05) is 17.2 Å². The molecule has 0 aliphatic heterocycles. The molecule has 7 nitrogen and oxygen atoms in total. The average Bonchev–Trinajstić information content (AvgIpc) is 3.24. The van der Waals surface area contributed by atoms with E-state index in [1.165, 1.54) is 0 Å². The fourth-order valence-corrected chi connectivity index (χ4v) is 7.20. The minimum absolute atomic E-state index is 0.251. The van der Waals surface area contributed by atoms with Crippen LogP contribution in [0.2, 0.25) is 0 Å². The molecule has 2 atom stereocenters. The Bertz CT molecular complexity index is 1280. The average molecular weight is 509 g/mol. The first-order chi connectivity index (χ1) is 16.8. The Morgan fingerprint density at radius 3 is 2.39 bits per heavy atom. The van der Waals surface area contributed by atoms with Gasteiger partial charge in [-0.25, -0.2) is 9.97 Å². The number of nitrogens with zero attached hydrogens (tertiary/aromatic N) is 4. The molecular formula is C28H40N6OS. The summed E-state index contributed by atoms with van der Waals surface area (Å²) in [6.45, 7) is 18.1. The number of anilines is 2. The molecule has 3 heterocycles. The predicted molar refractivity (Wildman–Crippen MR) is 149 cm³/mol. The fraction of sp³-hybridized carbons (Fsp3) is 0.643. The van der Waals surface area contributed by atoms with Crippen molar-refractivity contribution in [2.24, 2.45) is 22.7 Å². The van der Waals surface area contributed by atoms with Crippen LogP contribution in [0.5, 0.6) is 0 Å². The number of aliphatic hydroxyl groups is 1. The van der Waals surface area contributed by atoms with Crippen LogP contribution in [-0.4, -0.2) is 43.2 Å². The van der Waals surface area contributed by atoms with Gasteiger partial charge in [-0.2, -0.15) is 4.98 Å². The van der Waals surface area contributed by atoms with E-state index < -0.39 is 5.60 Å². The quantitative estimate of drug-likeness (QED) is 0.349. The van der Waals surface area contributed by atoms with Gasteiger partial charge >= 0.3 is 0 Å². The van der Waals surface area contributed by atoms with Crippen LogP contribution in [0.15, 0.2) is 12.3 Å². The van der Waals surface area contributed by atoms with E-state index in [0.29, 0.717) is 22.7 Å². The minimum Gasteiger partial charge on any atom is -0.390 e. The maximum atomic E-state index is 10.6. The lowest BCUT2D eigenvalue weighted by atomic mass is 9.89. The van der Waals surface area contributed by atoms with Gasteiger partial charge in [0.25, 0.3) is 0 Å². The van der Waals surface area contributed by atoms with E-state index in [1.54, 1.807) is 11.3 Å². The molecule has 2 unspecified atom stereocenters. The lowest BCUT2D eigenvalue weighted by molar-refractivity contribution is 0.0197. The highest BCUT2D eigenvalue weighted by Crippen LogP contribution is 2.68. The lowest BCUT2D eigenvalue weighted by Gasteiger charge is -2.25. The SMILES string of the molecule is Cc1nc(NCC2C(C)(C)C2(C)C)nc(NC2CCC(C(C)(C)O)C2)c1-c1nc2c(C)nccc2s1. The molecule has 2 fully saturated rings. The van der Waals surface area contributed by atoms with Crippen molar-refractivity contribution in [1.82, 2.24) is 19.9 Å². The van der Waals surface area contributed by atoms with Crippen LogP contribution in [0, 0.1) is 36.5 Å². The smallest absolute Gasteiger partial charge is 0.224 e. The molecule has 3 aromatic heterocycles. The maximum absolute atomic E-state index is 10.6. The Balaban J connectivity index is 1.48. The first-order valence-electron chi connectivity index (χ1n) is 13.1. The van der Waals surface area contributed by atoms with Crippen LogP contribution in [0.25, 0.3) is 20.8 Å². The first kappa shape index (κ1) is 25.3. The van der Waals surface area contributed by atoms with Crippen LogP contribution in [0.1, 0.15) is 72.2 Å². The zero-order valence-electron chi connectivity index (χ0n) is 22.9. The molecule has 0 saturated heterocycles. The van der Waals surface area contributed by atoms with Gasteiger partial charge in [0.05, 0.1) is 27.3 Å². The van der Waals surface area contributed by atoms with Crippen LogP contribution < -0.4 is 10.6 Å². The highest BCUT2D eigenvalue weighted by molar-refractivity contribution is 7.21. The highest BCUT2D eigenvalue weighted by atomic mass is 32.1. The van der Waals surface area contributed by atoms with Crippen LogP contribution >= 0.6 is 11.3 Å². The topological polar surface area (TPSA) is 95.9 Å².